The Labute approximate surface area is 141 Å². The average molecular weight is 383 g/mol. The number of rotatable bonds is 4. The van der Waals surface area contributed by atoms with Crippen molar-refractivity contribution in [2.45, 2.75) is 24.8 Å². The zero-order valence-electron chi connectivity index (χ0n) is 11.7. The van der Waals surface area contributed by atoms with Crippen LogP contribution in [0.3, 0.4) is 0 Å². The van der Waals surface area contributed by atoms with Crippen LogP contribution in [0.25, 0.3) is 0 Å². The molecule has 0 heterocycles. The first kappa shape index (κ1) is 15.5. The van der Waals surface area contributed by atoms with Crippen LogP contribution in [0.15, 0.2) is 46.9 Å². The first-order chi connectivity index (χ1) is 10.5. The number of nitrogens with one attached hydrogen (secondary N) is 1. The lowest BCUT2D eigenvalue weighted by molar-refractivity contribution is -0.123. The molecule has 0 atom stereocenters. The van der Waals surface area contributed by atoms with E-state index in [0.717, 1.165) is 28.4 Å². The summed E-state index contributed by atoms with van der Waals surface area (Å²) >= 11 is 9.38. The maximum atomic E-state index is 13.3. The van der Waals surface area contributed by atoms with Gasteiger partial charge in [0, 0.05) is 16.0 Å². The molecule has 1 aliphatic carbocycles. The smallest absolute Gasteiger partial charge is 0.230 e. The fraction of sp³-hybridized carbons (Fsp3) is 0.235. The van der Waals surface area contributed by atoms with Gasteiger partial charge in [-0.15, -0.1) is 0 Å². The molecule has 2 aromatic carbocycles. The zero-order valence-corrected chi connectivity index (χ0v) is 14.0. The molecule has 1 N–H and O–H groups in total. The Kier molecular flexibility index (Phi) is 4.24. The first-order valence-electron chi connectivity index (χ1n) is 6.99. The molecular formula is C17H14BrClFNO. The molecule has 5 heteroatoms. The van der Waals surface area contributed by atoms with E-state index in [-0.39, 0.29) is 11.7 Å². The standard InChI is InChI=1S/C17H14BrClFNO/c18-15-5-4-14(20)8-11(15)10-21-16(22)17(6-7-17)12-2-1-3-13(19)9-12/h1-5,8-9H,6-7,10H2,(H,21,22). The molecule has 1 saturated carbocycles. The van der Waals surface area contributed by atoms with E-state index in [4.69, 9.17) is 11.6 Å². The van der Waals surface area contributed by atoms with Crippen molar-refractivity contribution in [3.05, 3.63) is 68.9 Å². The minimum Gasteiger partial charge on any atom is -0.351 e. The fourth-order valence-corrected chi connectivity index (χ4v) is 3.16. The van der Waals surface area contributed by atoms with Crippen molar-refractivity contribution in [3.63, 3.8) is 0 Å². The summed E-state index contributed by atoms with van der Waals surface area (Å²) in [5.74, 6) is -0.352. The molecule has 1 amide bonds. The predicted molar refractivity (Wildman–Crippen MR) is 88.3 cm³/mol. The van der Waals surface area contributed by atoms with E-state index in [1.165, 1.54) is 12.1 Å². The highest BCUT2D eigenvalue weighted by molar-refractivity contribution is 9.10. The Hall–Kier alpha value is -1.39. The van der Waals surface area contributed by atoms with Gasteiger partial charge in [0.25, 0.3) is 0 Å². The number of amides is 1. The molecule has 0 spiro atoms. The summed E-state index contributed by atoms with van der Waals surface area (Å²) in [4.78, 5) is 12.5. The molecule has 1 fully saturated rings. The van der Waals surface area contributed by atoms with Crippen LogP contribution in [0.1, 0.15) is 24.0 Å². The lowest BCUT2D eigenvalue weighted by Gasteiger charge is -2.16. The number of benzene rings is 2. The van der Waals surface area contributed by atoms with Gasteiger partial charge >= 0.3 is 0 Å². The van der Waals surface area contributed by atoms with Gasteiger partial charge in [0.1, 0.15) is 5.82 Å². The van der Waals surface area contributed by atoms with Crippen LogP contribution in [0.2, 0.25) is 5.02 Å². The van der Waals surface area contributed by atoms with Gasteiger partial charge in [0.15, 0.2) is 0 Å². The monoisotopic (exact) mass is 381 g/mol. The Balaban J connectivity index is 1.73. The van der Waals surface area contributed by atoms with Crippen LogP contribution < -0.4 is 5.32 Å². The summed E-state index contributed by atoms with van der Waals surface area (Å²) < 4.78 is 14.1. The summed E-state index contributed by atoms with van der Waals surface area (Å²) in [5.41, 5.74) is 1.18. The third-order valence-electron chi connectivity index (χ3n) is 4.01. The summed E-state index contributed by atoms with van der Waals surface area (Å²) in [6, 6.07) is 11.9. The van der Waals surface area contributed by atoms with E-state index >= 15 is 0 Å². The molecule has 1 aliphatic rings. The van der Waals surface area contributed by atoms with Crippen molar-refractivity contribution in [2.24, 2.45) is 0 Å². The predicted octanol–water partition coefficient (Wildman–Crippen LogP) is 4.59. The van der Waals surface area contributed by atoms with Gasteiger partial charge in [-0.3, -0.25) is 4.79 Å². The highest BCUT2D eigenvalue weighted by Gasteiger charge is 2.51. The Morgan fingerprint density at radius 2 is 2.05 bits per heavy atom. The molecular weight excluding hydrogens is 369 g/mol. The van der Waals surface area contributed by atoms with Crippen molar-refractivity contribution < 1.29 is 9.18 Å². The second kappa shape index (κ2) is 6.01. The summed E-state index contributed by atoms with van der Waals surface area (Å²) in [6.45, 7) is 0.291. The van der Waals surface area contributed by atoms with E-state index in [2.05, 4.69) is 21.2 Å². The van der Waals surface area contributed by atoms with Crippen molar-refractivity contribution in [1.29, 1.82) is 0 Å². The van der Waals surface area contributed by atoms with Gasteiger partial charge in [-0.1, -0.05) is 39.7 Å². The molecule has 0 saturated heterocycles. The van der Waals surface area contributed by atoms with Crippen LogP contribution in [0, 0.1) is 5.82 Å². The minimum atomic E-state index is -0.481. The molecule has 0 aliphatic heterocycles. The summed E-state index contributed by atoms with van der Waals surface area (Å²) in [6.07, 6.45) is 1.62. The van der Waals surface area contributed by atoms with Crippen LogP contribution in [-0.2, 0) is 16.8 Å². The fourth-order valence-electron chi connectivity index (χ4n) is 2.58. The normalized spacial score (nSPS) is 15.4. The van der Waals surface area contributed by atoms with Crippen LogP contribution in [-0.4, -0.2) is 5.91 Å². The summed E-state index contributed by atoms with van der Waals surface area (Å²) in [5, 5.41) is 3.54. The number of hydrogen-bond donors (Lipinski definition) is 1. The van der Waals surface area contributed by atoms with E-state index in [9.17, 15) is 9.18 Å². The summed E-state index contributed by atoms with van der Waals surface area (Å²) in [7, 11) is 0. The van der Waals surface area contributed by atoms with E-state index < -0.39 is 5.41 Å². The molecule has 0 aromatic heterocycles. The average Bonchev–Trinajstić information content (AvgIpc) is 3.30. The van der Waals surface area contributed by atoms with Gasteiger partial charge in [-0.25, -0.2) is 4.39 Å². The highest BCUT2D eigenvalue weighted by Crippen LogP contribution is 2.48. The Bertz CT molecular complexity index is 730. The first-order valence-corrected chi connectivity index (χ1v) is 8.17. The van der Waals surface area contributed by atoms with Crippen LogP contribution >= 0.6 is 27.5 Å². The maximum absolute atomic E-state index is 13.3. The van der Waals surface area contributed by atoms with Crippen molar-refractivity contribution in [3.8, 4) is 0 Å². The largest absolute Gasteiger partial charge is 0.351 e. The van der Waals surface area contributed by atoms with Crippen LogP contribution in [0.5, 0.6) is 0 Å². The highest BCUT2D eigenvalue weighted by atomic mass is 79.9. The minimum absolute atomic E-state index is 0.0362. The molecule has 0 bridgehead atoms. The van der Waals surface area contributed by atoms with Crippen molar-refractivity contribution in [1.82, 2.24) is 5.32 Å². The second-order valence-electron chi connectivity index (χ2n) is 5.51. The maximum Gasteiger partial charge on any atom is 0.230 e. The zero-order chi connectivity index (χ0) is 15.7. The lowest BCUT2D eigenvalue weighted by Crippen LogP contribution is -2.34. The third kappa shape index (κ3) is 3.03. The molecule has 0 radical (unpaired) electrons. The number of carbonyl (C=O) groups excluding carboxylic acids is 1. The van der Waals surface area contributed by atoms with Crippen molar-refractivity contribution >= 4 is 33.4 Å². The number of carbonyl (C=O) groups is 1. The van der Waals surface area contributed by atoms with Gasteiger partial charge in [-0.05, 0) is 54.3 Å². The second-order valence-corrected chi connectivity index (χ2v) is 6.80. The van der Waals surface area contributed by atoms with E-state index in [1.54, 1.807) is 12.1 Å². The Morgan fingerprint density at radius 3 is 2.73 bits per heavy atom. The SMILES string of the molecule is O=C(NCc1cc(F)ccc1Br)C1(c2cccc(Cl)c2)CC1. The molecule has 22 heavy (non-hydrogen) atoms. The molecule has 2 nitrogen and oxygen atoms in total. The van der Waals surface area contributed by atoms with Gasteiger partial charge in [0.05, 0.1) is 5.41 Å². The quantitative estimate of drug-likeness (QED) is 0.823. The molecule has 2 aromatic rings. The number of hydrogen-bond acceptors (Lipinski definition) is 1. The molecule has 114 valence electrons. The van der Waals surface area contributed by atoms with Crippen LogP contribution in [0.4, 0.5) is 4.39 Å². The molecule has 0 unspecified atom stereocenters. The van der Waals surface area contributed by atoms with Gasteiger partial charge in [-0.2, -0.15) is 0 Å². The van der Waals surface area contributed by atoms with E-state index in [0.29, 0.717) is 11.6 Å². The lowest BCUT2D eigenvalue weighted by atomic mass is 9.95. The van der Waals surface area contributed by atoms with Gasteiger partial charge in [0.2, 0.25) is 5.91 Å². The van der Waals surface area contributed by atoms with Crippen molar-refractivity contribution in [2.75, 3.05) is 0 Å². The van der Waals surface area contributed by atoms with Gasteiger partial charge < -0.3 is 5.32 Å². The number of halogens is 3. The third-order valence-corrected chi connectivity index (χ3v) is 5.02. The molecule has 3 rings (SSSR count). The Morgan fingerprint density at radius 1 is 1.27 bits per heavy atom. The van der Waals surface area contributed by atoms with E-state index in [1.807, 2.05) is 18.2 Å². The topological polar surface area (TPSA) is 29.1 Å².